The first-order valence-corrected chi connectivity index (χ1v) is 9.27. The molecule has 0 aliphatic heterocycles. The van der Waals surface area contributed by atoms with E-state index >= 15 is 0 Å². The van der Waals surface area contributed by atoms with E-state index < -0.39 is 0 Å². The van der Waals surface area contributed by atoms with E-state index in [-0.39, 0.29) is 0 Å². The number of rotatable bonds is 9. The molecule has 1 aromatic heterocycles. The molecule has 0 radical (unpaired) electrons. The molecular formula is C22H27N3. The number of aromatic amines is 1. The first kappa shape index (κ1) is 17.4. The van der Waals surface area contributed by atoms with Crippen LogP contribution in [0.1, 0.15) is 38.2 Å². The molecule has 0 bridgehead atoms. The van der Waals surface area contributed by atoms with E-state index in [1.807, 2.05) is 24.4 Å². The minimum absolute atomic E-state index is 0.912. The van der Waals surface area contributed by atoms with Crippen LogP contribution < -0.4 is 5.32 Å². The summed E-state index contributed by atoms with van der Waals surface area (Å²) in [5.41, 5.74) is 4.66. The molecule has 3 nitrogen and oxygen atoms in total. The molecule has 0 fully saturated rings. The summed E-state index contributed by atoms with van der Waals surface area (Å²) in [7, 11) is 0. The summed E-state index contributed by atoms with van der Waals surface area (Å²) in [6, 6.07) is 18.9. The topological polar surface area (TPSA) is 40.7 Å². The molecule has 0 amide bonds. The number of hydrogen-bond donors (Lipinski definition) is 2. The van der Waals surface area contributed by atoms with Gasteiger partial charge in [-0.15, -0.1) is 0 Å². The fourth-order valence-electron chi connectivity index (χ4n) is 2.97. The van der Waals surface area contributed by atoms with Gasteiger partial charge in [0.1, 0.15) is 5.82 Å². The largest absolute Gasteiger partial charge is 0.338 e. The second-order valence-corrected chi connectivity index (χ2v) is 6.45. The average Bonchev–Trinajstić information content (AvgIpc) is 3.16. The third kappa shape index (κ3) is 5.04. The summed E-state index contributed by atoms with van der Waals surface area (Å²) in [6.45, 7) is 4.25. The van der Waals surface area contributed by atoms with Crippen molar-refractivity contribution in [2.45, 2.75) is 39.2 Å². The van der Waals surface area contributed by atoms with Gasteiger partial charge in [-0.3, -0.25) is 0 Å². The first-order chi connectivity index (χ1) is 12.4. The van der Waals surface area contributed by atoms with E-state index in [0.717, 1.165) is 30.2 Å². The van der Waals surface area contributed by atoms with Crippen molar-refractivity contribution in [2.75, 3.05) is 6.54 Å². The molecule has 0 unspecified atom stereocenters. The molecule has 0 aliphatic carbocycles. The molecule has 0 spiro atoms. The highest BCUT2D eigenvalue weighted by Gasteiger charge is 2.05. The highest BCUT2D eigenvalue weighted by atomic mass is 14.9. The molecule has 0 aliphatic rings. The normalized spacial score (nSPS) is 10.9. The first-order valence-electron chi connectivity index (χ1n) is 9.27. The second kappa shape index (κ2) is 9.19. The molecule has 0 atom stereocenters. The molecule has 2 N–H and O–H groups in total. The molecule has 130 valence electrons. The predicted octanol–water partition coefficient (Wildman–Crippen LogP) is 5.41. The van der Waals surface area contributed by atoms with E-state index in [0.29, 0.717) is 0 Å². The maximum atomic E-state index is 4.53. The van der Waals surface area contributed by atoms with Gasteiger partial charge in [-0.1, -0.05) is 74.7 Å². The van der Waals surface area contributed by atoms with E-state index in [1.54, 1.807) is 0 Å². The number of imidazole rings is 1. The van der Waals surface area contributed by atoms with Crippen LogP contribution in [0.3, 0.4) is 0 Å². The van der Waals surface area contributed by atoms with E-state index in [4.69, 9.17) is 0 Å². The zero-order valence-electron chi connectivity index (χ0n) is 15.0. The Morgan fingerprint density at radius 3 is 2.60 bits per heavy atom. The lowest BCUT2D eigenvalue weighted by Crippen LogP contribution is -2.14. The van der Waals surface area contributed by atoms with E-state index in [2.05, 4.69) is 58.6 Å². The van der Waals surface area contributed by atoms with Crippen molar-refractivity contribution in [1.29, 1.82) is 0 Å². The maximum Gasteiger partial charge on any atom is 0.137 e. The lowest BCUT2D eigenvalue weighted by Gasteiger charge is -2.06. The number of nitrogens with one attached hydrogen (secondary N) is 2. The Morgan fingerprint density at radius 2 is 1.76 bits per heavy atom. The summed E-state index contributed by atoms with van der Waals surface area (Å²) in [5, 5.41) is 3.54. The zero-order valence-corrected chi connectivity index (χ0v) is 15.0. The predicted molar refractivity (Wildman–Crippen MR) is 105 cm³/mol. The molecule has 3 rings (SSSR count). The number of benzene rings is 2. The van der Waals surface area contributed by atoms with Crippen LogP contribution in [0.5, 0.6) is 0 Å². The molecule has 0 saturated heterocycles. The second-order valence-electron chi connectivity index (χ2n) is 6.45. The van der Waals surface area contributed by atoms with E-state index in [1.165, 1.54) is 36.8 Å². The fraction of sp³-hybridized carbons (Fsp3) is 0.318. The Balaban J connectivity index is 1.61. The minimum atomic E-state index is 0.912. The maximum absolute atomic E-state index is 4.53. The molecule has 0 saturated carbocycles. The van der Waals surface area contributed by atoms with Gasteiger partial charge >= 0.3 is 0 Å². The van der Waals surface area contributed by atoms with Gasteiger partial charge in [0.05, 0.1) is 11.9 Å². The molecule has 25 heavy (non-hydrogen) atoms. The summed E-state index contributed by atoms with van der Waals surface area (Å²) < 4.78 is 0. The summed E-state index contributed by atoms with van der Waals surface area (Å²) >= 11 is 0. The van der Waals surface area contributed by atoms with Gasteiger partial charge in [0.2, 0.25) is 0 Å². The van der Waals surface area contributed by atoms with Crippen LogP contribution in [-0.2, 0) is 6.54 Å². The summed E-state index contributed by atoms with van der Waals surface area (Å²) in [6.07, 6.45) is 7.12. The van der Waals surface area contributed by atoms with Crippen LogP contribution in [-0.4, -0.2) is 16.5 Å². The van der Waals surface area contributed by atoms with Gasteiger partial charge in [0, 0.05) is 12.1 Å². The Kier molecular flexibility index (Phi) is 6.41. The standard InChI is InChI=1S/C22H27N3/c1-2-3-4-8-14-23-16-18-10-9-13-20(15-18)21-17-24-22(25-21)19-11-6-5-7-12-19/h5-7,9-13,15,17,23H,2-4,8,14,16H2,1H3,(H,24,25). The number of nitrogens with zero attached hydrogens (tertiary/aromatic N) is 1. The van der Waals surface area contributed by atoms with Crippen molar-refractivity contribution in [3.63, 3.8) is 0 Å². The van der Waals surface area contributed by atoms with Gasteiger partial charge < -0.3 is 10.3 Å². The van der Waals surface area contributed by atoms with Gasteiger partial charge in [0.15, 0.2) is 0 Å². The van der Waals surface area contributed by atoms with Gasteiger partial charge in [-0.2, -0.15) is 0 Å². The quantitative estimate of drug-likeness (QED) is 0.514. The lowest BCUT2D eigenvalue weighted by molar-refractivity contribution is 0.598. The Labute approximate surface area is 150 Å². The van der Waals surface area contributed by atoms with Crippen molar-refractivity contribution in [1.82, 2.24) is 15.3 Å². The zero-order chi connectivity index (χ0) is 17.3. The number of aromatic nitrogens is 2. The average molecular weight is 333 g/mol. The van der Waals surface area contributed by atoms with Crippen molar-refractivity contribution < 1.29 is 0 Å². The van der Waals surface area contributed by atoms with Crippen LogP contribution >= 0.6 is 0 Å². The Hall–Kier alpha value is -2.39. The molecule has 1 heterocycles. The van der Waals surface area contributed by atoms with Crippen LogP contribution in [0, 0.1) is 0 Å². The number of H-pyrrole nitrogens is 1. The smallest absolute Gasteiger partial charge is 0.137 e. The molecule has 3 heteroatoms. The number of hydrogen-bond acceptors (Lipinski definition) is 2. The van der Waals surface area contributed by atoms with Crippen LogP contribution in [0.25, 0.3) is 22.6 Å². The molecule has 3 aromatic rings. The van der Waals surface area contributed by atoms with Gasteiger partial charge in [-0.05, 0) is 30.2 Å². The lowest BCUT2D eigenvalue weighted by atomic mass is 10.1. The van der Waals surface area contributed by atoms with Crippen LogP contribution in [0.15, 0.2) is 60.8 Å². The Bertz CT molecular complexity index is 762. The fourth-order valence-corrected chi connectivity index (χ4v) is 2.97. The summed E-state index contributed by atoms with van der Waals surface area (Å²) in [4.78, 5) is 7.96. The third-order valence-electron chi connectivity index (χ3n) is 4.40. The highest BCUT2D eigenvalue weighted by molar-refractivity contribution is 5.64. The van der Waals surface area contributed by atoms with Crippen LogP contribution in [0.4, 0.5) is 0 Å². The van der Waals surface area contributed by atoms with Crippen molar-refractivity contribution in [3.8, 4) is 22.6 Å². The number of unbranched alkanes of at least 4 members (excludes halogenated alkanes) is 3. The van der Waals surface area contributed by atoms with Crippen molar-refractivity contribution in [2.24, 2.45) is 0 Å². The van der Waals surface area contributed by atoms with E-state index in [9.17, 15) is 0 Å². The van der Waals surface area contributed by atoms with Gasteiger partial charge in [0.25, 0.3) is 0 Å². The van der Waals surface area contributed by atoms with Gasteiger partial charge in [-0.25, -0.2) is 4.98 Å². The molecule has 2 aromatic carbocycles. The highest BCUT2D eigenvalue weighted by Crippen LogP contribution is 2.22. The third-order valence-corrected chi connectivity index (χ3v) is 4.40. The SMILES string of the molecule is CCCCCCNCc1cccc(-c2cnc(-c3ccccc3)[nH]2)c1. The minimum Gasteiger partial charge on any atom is -0.338 e. The van der Waals surface area contributed by atoms with Crippen molar-refractivity contribution >= 4 is 0 Å². The summed E-state index contributed by atoms with van der Waals surface area (Å²) in [5.74, 6) is 0.912. The monoisotopic (exact) mass is 333 g/mol. The Morgan fingerprint density at radius 1 is 0.920 bits per heavy atom. The van der Waals surface area contributed by atoms with Crippen molar-refractivity contribution in [3.05, 3.63) is 66.4 Å². The van der Waals surface area contributed by atoms with Crippen LogP contribution in [0.2, 0.25) is 0 Å². The molecular weight excluding hydrogens is 306 g/mol.